The number of rotatable bonds is 10. The molecular formula is C29H36N2O9. The van der Waals surface area contributed by atoms with Gasteiger partial charge in [0.2, 0.25) is 5.91 Å². The molecule has 2 saturated carbocycles. The molecule has 2 aliphatic heterocycles. The van der Waals surface area contributed by atoms with Crippen molar-refractivity contribution in [2.45, 2.75) is 81.5 Å². The molecule has 1 aromatic rings. The van der Waals surface area contributed by atoms with Gasteiger partial charge in [0.05, 0.1) is 23.5 Å². The van der Waals surface area contributed by atoms with E-state index in [2.05, 4.69) is 10.2 Å². The Morgan fingerprint density at radius 1 is 1.25 bits per heavy atom. The lowest BCUT2D eigenvalue weighted by molar-refractivity contribution is -0.188. The minimum absolute atomic E-state index is 0.0369. The molecule has 1 saturated heterocycles. The zero-order valence-corrected chi connectivity index (χ0v) is 22.6. The number of likely N-dealkylation sites (tertiary alicyclic amines) is 1. The Kier molecular flexibility index (Phi) is 6.77. The second-order valence-electron chi connectivity index (χ2n) is 12.0. The third kappa shape index (κ3) is 4.34. The number of hydrogen-bond acceptors (Lipinski definition) is 9. The first-order chi connectivity index (χ1) is 19.1. The Morgan fingerprint density at radius 2 is 2.05 bits per heavy atom. The molecule has 1 aromatic carbocycles. The molecule has 0 aromatic heterocycles. The number of nitrogens with zero attached hydrogens (tertiary/aromatic N) is 1. The fraction of sp³-hybridized carbons (Fsp3) is 0.655. The number of carboxylic acid groups (broad SMARTS) is 1. The molecule has 11 nitrogen and oxygen atoms in total. The number of hydrogen-bond donors (Lipinski definition) is 3. The molecule has 1 spiro atoms. The largest absolute Gasteiger partial charge is 0.514 e. The predicted octanol–water partition coefficient (Wildman–Crippen LogP) is 1.95. The van der Waals surface area contributed by atoms with Crippen molar-refractivity contribution in [3.8, 4) is 11.5 Å². The fourth-order valence-electron chi connectivity index (χ4n) is 7.34. The first kappa shape index (κ1) is 27.0. The van der Waals surface area contributed by atoms with Gasteiger partial charge in [-0.15, -0.1) is 0 Å². The third-order valence-corrected chi connectivity index (χ3v) is 9.61. The lowest BCUT2D eigenvalue weighted by Crippen LogP contribution is -2.76. The number of carboxylic acids is 1. The van der Waals surface area contributed by atoms with Crippen molar-refractivity contribution in [3.05, 3.63) is 23.3 Å². The number of ketones is 1. The van der Waals surface area contributed by atoms with Gasteiger partial charge in [-0.1, -0.05) is 13.0 Å². The van der Waals surface area contributed by atoms with E-state index < -0.39 is 35.2 Å². The van der Waals surface area contributed by atoms with Gasteiger partial charge in [-0.3, -0.25) is 19.3 Å². The highest BCUT2D eigenvalue weighted by Gasteiger charge is 2.73. The maximum absolute atomic E-state index is 13.2. The number of aliphatic hydroxyl groups is 1. The first-order valence-electron chi connectivity index (χ1n) is 14.3. The van der Waals surface area contributed by atoms with Crippen molar-refractivity contribution in [2.75, 3.05) is 26.2 Å². The average Bonchev–Trinajstić information content (AvgIpc) is 3.66. The van der Waals surface area contributed by atoms with Crippen LogP contribution in [0.3, 0.4) is 0 Å². The van der Waals surface area contributed by atoms with Gasteiger partial charge in [-0.2, -0.15) is 0 Å². The Morgan fingerprint density at radius 3 is 2.80 bits per heavy atom. The molecule has 40 heavy (non-hydrogen) atoms. The third-order valence-electron chi connectivity index (χ3n) is 9.61. The fourth-order valence-corrected chi connectivity index (χ4v) is 7.34. The van der Waals surface area contributed by atoms with E-state index in [0.29, 0.717) is 30.9 Å². The lowest BCUT2D eigenvalue weighted by Gasteiger charge is -2.62. The summed E-state index contributed by atoms with van der Waals surface area (Å²) in [7, 11) is 0. The summed E-state index contributed by atoms with van der Waals surface area (Å²) in [6, 6.07) is 3.48. The number of ether oxygens (including phenoxy) is 3. The van der Waals surface area contributed by atoms with E-state index in [9.17, 15) is 24.3 Å². The summed E-state index contributed by atoms with van der Waals surface area (Å²) in [6.07, 6.45) is 2.82. The van der Waals surface area contributed by atoms with E-state index in [1.807, 2.05) is 6.07 Å². The highest BCUT2D eigenvalue weighted by atomic mass is 16.7. The molecule has 1 unspecified atom stereocenters. The average molecular weight is 557 g/mol. The van der Waals surface area contributed by atoms with Crippen LogP contribution in [-0.4, -0.2) is 82.9 Å². The molecule has 11 heteroatoms. The van der Waals surface area contributed by atoms with Crippen molar-refractivity contribution in [1.29, 1.82) is 0 Å². The van der Waals surface area contributed by atoms with Gasteiger partial charge in [0.15, 0.2) is 23.4 Å². The van der Waals surface area contributed by atoms with Crippen molar-refractivity contribution >= 4 is 23.8 Å². The molecule has 5 atom stereocenters. The molecule has 6 rings (SSSR count). The highest BCUT2D eigenvalue weighted by Crippen LogP contribution is 2.65. The maximum atomic E-state index is 13.2. The quantitative estimate of drug-likeness (QED) is 0.222. The second-order valence-corrected chi connectivity index (χ2v) is 12.0. The van der Waals surface area contributed by atoms with Gasteiger partial charge in [-0.05, 0) is 62.6 Å². The Bertz CT molecular complexity index is 1250. The first-order valence-corrected chi connectivity index (χ1v) is 14.3. The molecule has 1 amide bonds. The Labute approximate surface area is 232 Å². The van der Waals surface area contributed by atoms with E-state index in [4.69, 9.17) is 19.3 Å². The van der Waals surface area contributed by atoms with Crippen molar-refractivity contribution in [3.63, 3.8) is 0 Å². The summed E-state index contributed by atoms with van der Waals surface area (Å²) in [5.74, 6) is -0.780. The summed E-state index contributed by atoms with van der Waals surface area (Å²) in [5.41, 5.74) is -0.148. The number of Topliss-reactive ketones (excluding diaryl/α,β-unsaturated/α-hetero) is 1. The maximum Gasteiger partial charge on any atom is 0.514 e. The number of aliphatic carboxylic acids is 1. The molecule has 216 valence electrons. The minimum atomic E-state index is -1.10. The number of nitrogens with one attached hydrogen (secondary N) is 1. The van der Waals surface area contributed by atoms with Crippen LogP contribution in [0.15, 0.2) is 12.1 Å². The normalized spacial score (nSPS) is 30.6. The van der Waals surface area contributed by atoms with Crippen LogP contribution in [0, 0.1) is 11.8 Å². The van der Waals surface area contributed by atoms with Crippen LogP contribution in [-0.2, 0) is 31.0 Å². The van der Waals surface area contributed by atoms with E-state index in [-0.39, 0.29) is 55.9 Å². The topological polar surface area (TPSA) is 152 Å². The van der Waals surface area contributed by atoms with Gasteiger partial charge in [0.25, 0.3) is 0 Å². The van der Waals surface area contributed by atoms with Crippen LogP contribution in [0.25, 0.3) is 0 Å². The van der Waals surface area contributed by atoms with Crippen LogP contribution < -0.4 is 14.8 Å². The van der Waals surface area contributed by atoms with Crippen LogP contribution in [0.1, 0.15) is 63.0 Å². The second kappa shape index (κ2) is 10.0. The van der Waals surface area contributed by atoms with Crippen molar-refractivity contribution in [1.82, 2.24) is 10.2 Å². The summed E-state index contributed by atoms with van der Waals surface area (Å²) >= 11 is 0. The number of carbonyl (C=O) groups is 4. The van der Waals surface area contributed by atoms with Gasteiger partial charge in [-0.25, -0.2) is 4.79 Å². The monoisotopic (exact) mass is 556 g/mol. The number of amides is 1. The van der Waals surface area contributed by atoms with Crippen LogP contribution >= 0.6 is 0 Å². The number of piperidine rings is 1. The van der Waals surface area contributed by atoms with Gasteiger partial charge in [0.1, 0.15) is 6.61 Å². The zero-order chi connectivity index (χ0) is 28.2. The molecule has 0 radical (unpaired) electrons. The van der Waals surface area contributed by atoms with Gasteiger partial charge >= 0.3 is 12.1 Å². The summed E-state index contributed by atoms with van der Waals surface area (Å²) in [4.78, 5) is 50.9. The van der Waals surface area contributed by atoms with Crippen molar-refractivity contribution in [2.24, 2.45) is 11.8 Å². The SMILES string of the molecule is CC(CCC(=O)NCCOC(=O)Oc1ccc2c3c1O[C@H]1C(=O)CC[C@@]4(O)[C@@H](C2)N(CC2CC2)CC[C@]314)C(=O)O. The predicted molar refractivity (Wildman–Crippen MR) is 139 cm³/mol. The Balaban J connectivity index is 1.14. The zero-order valence-electron chi connectivity index (χ0n) is 22.6. The molecule has 5 aliphatic rings. The molecule has 3 aliphatic carbocycles. The molecular weight excluding hydrogens is 520 g/mol. The Hall–Kier alpha value is -3.18. The lowest BCUT2D eigenvalue weighted by atomic mass is 9.49. The highest BCUT2D eigenvalue weighted by molar-refractivity contribution is 5.90. The summed E-state index contributed by atoms with van der Waals surface area (Å²) < 4.78 is 16.9. The molecule has 2 heterocycles. The van der Waals surface area contributed by atoms with E-state index in [0.717, 1.165) is 24.2 Å². The van der Waals surface area contributed by atoms with Crippen LogP contribution in [0.5, 0.6) is 11.5 Å². The van der Waals surface area contributed by atoms with E-state index >= 15 is 0 Å². The van der Waals surface area contributed by atoms with Crippen molar-refractivity contribution < 1.29 is 43.6 Å². The molecule has 3 N–H and O–H groups in total. The summed E-state index contributed by atoms with van der Waals surface area (Å²) in [5, 5.41) is 23.8. The molecule has 2 bridgehead atoms. The number of benzene rings is 1. The minimum Gasteiger partial charge on any atom is -0.481 e. The molecule has 3 fully saturated rings. The standard InChI is InChI=1S/C29H36N2O9/c1-16(26(34)35)2-7-22(33)30-11-13-38-27(36)39-20-6-5-18-14-21-29(37)9-8-19(32)25-28(29,23(18)24(20)40-25)10-12-31(21)15-17-3-4-17/h5-6,16-17,21,25,37H,2-4,7-15H2,1H3,(H,30,33)(H,34,35)/t16?,21-,25+,28+,29-/m1/s1. The smallest absolute Gasteiger partial charge is 0.481 e. The van der Waals surface area contributed by atoms with Crippen LogP contribution in [0.4, 0.5) is 4.79 Å². The summed E-state index contributed by atoms with van der Waals surface area (Å²) in [6.45, 7) is 3.20. The van der Waals surface area contributed by atoms with Gasteiger partial charge < -0.3 is 29.7 Å². The van der Waals surface area contributed by atoms with Gasteiger partial charge in [0, 0.05) is 31.0 Å². The van der Waals surface area contributed by atoms with E-state index in [1.54, 1.807) is 6.07 Å². The van der Waals surface area contributed by atoms with E-state index in [1.165, 1.54) is 19.8 Å². The number of carbonyl (C=O) groups excluding carboxylic acids is 3. The van der Waals surface area contributed by atoms with Crippen LogP contribution in [0.2, 0.25) is 0 Å².